The number of nitrogens with zero attached hydrogens (tertiary/aromatic N) is 1. The van der Waals surface area contributed by atoms with Crippen molar-refractivity contribution in [3.05, 3.63) is 61.3 Å². The monoisotopic (exact) mass is 261 g/mol. The Kier molecular flexibility index (Phi) is 3.01. The molecule has 19 heavy (non-hydrogen) atoms. The fourth-order valence-electron chi connectivity index (χ4n) is 1.77. The molecule has 0 aliphatic heterocycles. The number of H-pyrrole nitrogens is 2. The van der Waals surface area contributed by atoms with Gasteiger partial charge in [0.15, 0.2) is 0 Å². The van der Waals surface area contributed by atoms with Gasteiger partial charge in [-0.2, -0.15) is 0 Å². The van der Waals surface area contributed by atoms with E-state index in [-0.39, 0.29) is 5.41 Å². The molecule has 2 rings (SSSR count). The van der Waals surface area contributed by atoms with Gasteiger partial charge < -0.3 is 0 Å². The summed E-state index contributed by atoms with van der Waals surface area (Å²) in [4.78, 5) is 38.3. The average Bonchev–Trinajstić information content (AvgIpc) is 2.27. The maximum absolute atomic E-state index is 11.6. The molecule has 1 aromatic carbocycles. The van der Waals surface area contributed by atoms with E-state index in [1.165, 1.54) is 0 Å². The number of nitrogens with one attached hydrogen (secondary N) is 2. The minimum absolute atomic E-state index is 0.0130. The van der Waals surface area contributed by atoms with Gasteiger partial charge in [0.2, 0.25) is 0 Å². The van der Waals surface area contributed by atoms with Gasteiger partial charge in [0.1, 0.15) is 0 Å². The second kappa shape index (κ2) is 4.38. The summed E-state index contributed by atoms with van der Waals surface area (Å²) in [6.07, 6.45) is 0. The van der Waals surface area contributed by atoms with Crippen molar-refractivity contribution in [1.82, 2.24) is 14.5 Å². The molecule has 6 nitrogen and oxygen atoms in total. The van der Waals surface area contributed by atoms with E-state index in [9.17, 15) is 14.4 Å². The van der Waals surface area contributed by atoms with Gasteiger partial charge >= 0.3 is 17.1 Å². The molecule has 0 saturated heterocycles. The molecule has 0 aliphatic rings. The lowest BCUT2D eigenvalue weighted by Gasteiger charge is -2.19. The SMILES string of the molecule is CC(C)(C)c1ccc(-n2c(=O)[nH]c(=O)[nH]c2=O)cc1. The molecule has 0 bridgehead atoms. The predicted molar refractivity (Wildman–Crippen MR) is 72.0 cm³/mol. The second-order valence-electron chi connectivity index (χ2n) is 5.32. The Hall–Kier alpha value is -2.37. The van der Waals surface area contributed by atoms with Gasteiger partial charge in [-0.05, 0) is 23.1 Å². The summed E-state index contributed by atoms with van der Waals surface area (Å²) in [6, 6.07) is 7.06. The number of aromatic nitrogens is 3. The summed E-state index contributed by atoms with van der Waals surface area (Å²) < 4.78 is 0.883. The molecule has 1 heterocycles. The summed E-state index contributed by atoms with van der Waals surface area (Å²) in [7, 11) is 0. The third-order valence-electron chi connectivity index (χ3n) is 2.84. The molecule has 0 amide bonds. The van der Waals surface area contributed by atoms with Crippen molar-refractivity contribution in [2.24, 2.45) is 0 Å². The van der Waals surface area contributed by atoms with E-state index in [1.807, 2.05) is 22.1 Å². The van der Waals surface area contributed by atoms with Crippen LogP contribution in [-0.4, -0.2) is 14.5 Å². The molecule has 6 heteroatoms. The molecular formula is C13H15N3O3. The predicted octanol–water partition coefficient (Wildman–Crippen LogP) is 0.512. The Morgan fingerprint density at radius 1 is 0.895 bits per heavy atom. The molecule has 2 N–H and O–H groups in total. The van der Waals surface area contributed by atoms with Crippen molar-refractivity contribution in [1.29, 1.82) is 0 Å². The highest BCUT2D eigenvalue weighted by atomic mass is 16.2. The topological polar surface area (TPSA) is 87.7 Å². The smallest absolute Gasteiger partial charge is 0.258 e. The van der Waals surface area contributed by atoms with Gasteiger partial charge in [-0.1, -0.05) is 32.9 Å². The molecule has 0 radical (unpaired) electrons. The van der Waals surface area contributed by atoms with Crippen LogP contribution in [0.15, 0.2) is 38.6 Å². The van der Waals surface area contributed by atoms with Crippen molar-refractivity contribution in [2.75, 3.05) is 0 Å². The van der Waals surface area contributed by atoms with Gasteiger partial charge in [0.25, 0.3) is 0 Å². The Morgan fingerprint density at radius 3 is 1.79 bits per heavy atom. The van der Waals surface area contributed by atoms with Crippen molar-refractivity contribution < 1.29 is 0 Å². The number of rotatable bonds is 1. The summed E-state index contributed by atoms with van der Waals surface area (Å²) in [5, 5.41) is 0. The van der Waals surface area contributed by atoms with Crippen molar-refractivity contribution in [3.63, 3.8) is 0 Å². The lowest BCUT2D eigenvalue weighted by molar-refractivity contribution is 0.590. The molecule has 0 spiro atoms. The van der Waals surface area contributed by atoms with Crippen molar-refractivity contribution >= 4 is 0 Å². The summed E-state index contributed by atoms with van der Waals surface area (Å²) >= 11 is 0. The van der Waals surface area contributed by atoms with E-state index in [1.54, 1.807) is 12.1 Å². The molecule has 0 unspecified atom stereocenters. The number of hydrogen-bond acceptors (Lipinski definition) is 3. The Balaban J connectivity index is 2.59. The van der Waals surface area contributed by atoms with Crippen molar-refractivity contribution in [3.8, 4) is 5.69 Å². The van der Waals surface area contributed by atoms with E-state index in [4.69, 9.17) is 0 Å². The number of benzene rings is 1. The van der Waals surface area contributed by atoms with Crippen LogP contribution < -0.4 is 17.1 Å². The Bertz CT molecular complexity index is 723. The molecule has 0 saturated carbocycles. The van der Waals surface area contributed by atoms with E-state index in [2.05, 4.69) is 20.8 Å². The third-order valence-corrected chi connectivity index (χ3v) is 2.84. The highest BCUT2D eigenvalue weighted by Crippen LogP contribution is 2.22. The zero-order valence-corrected chi connectivity index (χ0v) is 11.0. The first kappa shape index (κ1) is 13.1. The maximum atomic E-state index is 11.6. The summed E-state index contributed by atoms with van der Waals surface area (Å²) in [5.74, 6) is 0. The van der Waals surface area contributed by atoms with Gasteiger partial charge in [0.05, 0.1) is 5.69 Å². The van der Waals surface area contributed by atoms with Gasteiger partial charge in [-0.25, -0.2) is 19.0 Å². The van der Waals surface area contributed by atoms with E-state index in [0.717, 1.165) is 10.1 Å². The zero-order valence-electron chi connectivity index (χ0n) is 11.0. The fraction of sp³-hybridized carbons (Fsp3) is 0.308. The van der Waals surface area contributed by atoms with Crippen molar-refractivity contribution in [2.45, 2.75) is 26.2 Å². The molecule has 0 fully saturated rings. The largest absolute Gasteiger partial charge is 0.338 e. The standard InChI is InChI=1S/C13H15N3O3/c1-13(2,3)8-4-6-9(7-5-8)16-11(18)14-10(17)15-12(16)19/h4-7H,1-3H3,(H2,14,15,17,18,19). The average molecular weight is 261 g/mol. The van der Waals surface area contributed by atoms with Crippen LogP contribution in [-0.2, 0) is 5.41 Å². The minimum Gasteiger partial charge on any atom is -0.258 e. The fourth-order valence-corrected chi connectivity index (χ4v) is 1.77. The Morgan fingerprint density at radius 2 is 1.37 bits per heavy atom. The summed E-state index contributed by atoms with van der Waals surface area (Å²) in [5.41, 5.74) is -0.825. The van der Waals surface area contributed by atoms with Crippen LogP contribution in [0.25, 0.3) is 5.69 Å². The maximum Gasteiger partial charge on any atom is 0.338 e. The molecule has 2 aromatic rings. The first-order valence-corrected chi connectivity index (χ1v) is 5.85. The van der Waals surface area contributed by atoms with Crippen LogP contribution in [0, 0.1) is 0 Å². The van der Waals surface area contributed by atoms with Gasteiger partial charge in [-0.15, -0.1) is 0 Å². The van der Waals surface area contributed by atoms with E-state index in [0.29, 0.717) is 5.69 Å². The minimum atomic E-state index is -0.808. The van der Waals surface area contributed by atoms with Gasteiger partial charge in [-0.3, -0.25) is 9.97 Å². The normalized spacial score (nSPS) is 11.5. The van der Waals surface area contributed by atoms with Crippen LogP contribution in [0.2, 0.25) is 0 Å². The number of aromatic amines is 2. The molecule has 0 aliphatic carbocycles. The molecule has 0 atom stereocenters. The lowest BCUT2D eigenvalue weighted by atomic mass is 9.87. The van der Waals surface area contributed by atoms with Crippen LogP contribution in [0.3, 0.4) is 0 Å². The van der Waals surface area contributed by atoms with Crippen LogP contribution in [0.4, 0.5) is 0 Å². The highest BCUT2D eigenvalue weighted by molar-refractivity contribution is 5.36. The first-order valence-electron chi connectivity index (χ1n) is 5.85. The molecular weight excluding hydrogens is 246 g/mol. The molecule has 100 valence electrons. The lowest BCUT2D eigenvalue weighted by Crippen LogP contribution is -2.42. The Labute approximate surface area is 108 Å². The second-order valence-corrected chi connectivity index (χ2v) is 5.32. The van der Waals surface area contributed by atoms with E-state index >= 15 is 0 Å². The van der Waals surface area contributed by atoms with Crippen LogP contribution in [0.5, 0.6) is 0 Å². The highest BCUT2D eigenvalue weighted by Gasteiger charge is 2.13. The van der Waals surface area contributed by atoms with Crippen LogP contribution in [0.1, 0.15) is 26.3 Å². The quantitative estimate of drug-likeness (QED) is 0.784. The van der Waals surface area contributed by atoms with Gasteiger partial charge in [0, 0.05) is 0 Å². The third kappa shape index (κ3) is 2.57. The molecule has 1 aromatic heterocycles. The number of hydrogen-bond donors (Lipinski definition) is 2. The van der Waals surface area contributed by atoms with E-state index < -0.39 is 17.1 Å². The summed E-state index contributed by atoms with van der Waals surface area (Å²) in [6.45, 7) is 6.21. The zero-order chi connectivity index (χ0) is 14.2. The first-order chi connectivity index (χ1) is 8.79. The van der Waals surface area contributed by atoms with Crippen LogP contribution >= 0.6 is 0 Å².